The molecule has 0 aromatic heterocycles. The predicted octanol–water partition coefficient (Wildman–Crippen LogP) is 3.21. The molecule has 146 valence electrons. The van der Waals surface area contributed by atoms with Crippen LogP contribution in [0, 0.1) is 11.3 Å². The monoisotopic (exact) mass is 374 g/mol. The highest BCUT2D eigenvalue weighted by atomic mass is 16.7. The molecule has 0 N–H and O–H groups in total. The zero-order valence-electron chi connectivity index (χ0n) is 16.0. The molecule has 6 heteroatoms. The van der Waals surface area contributed by atoms with Gasteiger partial charge in [0.05, 0.1) is 44.7 Å². The number of benzene rings is 1. The average Bonchev–Trinajstić information content (AvgIpc) is 2.64. The molecule has 2 aliphatic rings. The van der Waals surface area contributed by atoms with Gasteiger partial charge >= 0.3 is 5.97 Å². The first-order chi connectivity index (χ1) is 12.9. The van der Waals surface area contributed by atoms with E-state index in [1.54, 1.807) is 6.92 Å². The molecule has 0 bridgehead atoms. The summed E-state index contributed by atoms with van der Waals surface area (Å²) in [6, 6.07) is 7.41. The Morgan fingerprint density at radius 2 is 1.96 bits per heavy atom. The van der Waals surface area contributed by atoms with Crippen molar-refractivity contribution in [1.82, 2.24) is 0 Å². The van der Waals surface area contributed by atoms with Crippen molar-refractivity contribution in [3.63, 3.8) is 0 Å². The van der Waals surface area contributed by atoms with Crippen molar-refractivity contribution in [1.29, 1.82) is 0 Å². The Hall–Kier alpha value is -2.18. The van der Waals surface area contributed by atoms with Crippen molar-refractivity contribution in [2.75, 3.05) is 26.4 Å². The molecular formula is C21H26O6. The molecule has 1 aromatic rings. The summed E-state index contributed by atoms with van der Waals surface area (Å²) in [6.07, 6.45) is 2.77. The molecule has 1 saturated heterocycles. The van der Waals surface area contributed by atoms with Crippen LogP contribution >= 0.6 is 0 Å². The lowest BCUT2D eigenvalue weighted by Gasteiger charge is -2.49. The number of ether oxygens (including phenoxy) is 4. The third-order valence-electron chi connectivity index (χ3n) is 4.81. The Bertz CT molecular complexity index is 726. The van der Waals surface area contributed by atoms with Gasteiger partial charge in [0, 0.05) is 23.0 Å². The molecule has 6 nitrogen and oxygen atoms in total. The van der Waals surface area contributed by atoms with Crippen LogP contribution in [0.1, 0.15) is 43.1 Å². The van der Waals surface area contributed by atoms with Gasteiger partial charge in [-0.15, -0.1) is 0 Å². The SMILES string of the molecule is CCOC(=O)/C=C/OCC1CC(=O)c2ccccc2C12OCC(C)(C)CO2. The molecule has 1 aliphatic heterocycles. The summed E-state index contributed by atoms with van der Waals surface area (Å²) in [4.78, 5) is 24.0. The highest BCUT2D eigenvalue weighted by molar-refractivity contribution is 5.99. The van der Waals surface area contributed by atoms with E-state index in [9.17, 15) is 9.59 Å². The fraction of sp³-hybridized carbons (Fsp3) is 0.524. The minimum absolute atomic E-state index is 0.0382. The number of ketones is 1. The van der Waals surface area contributed by atoms with Crippen LogP contribution in [0.15, 0.2) is 36.6 Å². The van der Waals surface area contributed by atoms with E-state index in [1.807, 2.05) is 24.3 Å². The Morgan fingerprint density at radius 3 is 2.67 bits per heavy atom. The molecule has 27 heavy (non-hydrogen) atoms. The number of rotatable bonds is 5. The first-order valence-electron chi connectivity index (χ1n) is 9.23. The Morgan fingerprint density at radius 1 is 1.26 bits per heavy atom. The maximum atomic E-state index is 12.6. The van der Waals surface area contributed by atoms with E-state index in [4.69, 9.17) is 18.9 Å². The summed E-state index contributed by atoms with van der Waals surface area (Å²) in [7, 11) is 0. The standard InChI is InChI=1S/C21H26O6/c1-4-25-19(23)9-10-24-12-15-11-18(22)16-7-5-6-8-17(16)21(15)26-13-20(2,3)14-27-21/h5-10,15H,4,11-14H2,1-3H3/b10-9+. The molecule has 1 atom stereocenters. The number of fused-ring (bicyclic) bond motifs is 2. The molecule has 1 unspecified atom stereocenters. The van der Waals surface area contributed by atoms with E-state index in [0.717, 1.165) is 5.56 Å². The average molecular weight is 374 g/mol. The summed E-state index contributed by atoms with van der Waals surface area (Å²) in [5.74, 6) is -1.76. The number of carbonyl (C=O) groups is 2. The van der Waals surface area contributed by atoms with Crippen LogP contribution in [0.3, 0.4) is 0 Å². The van der Waals surface area contributed by atoms with Crippen molar-refractivity contribution in [2.45, 2.75) is 33.0 Å². The lowest BCUT2D eigenvalue weighted by atomic mass is 9.77. The third kappa shape index (κ3) is 4.06. The van der Waals surface area contributed by atoms with E-state index in [0.29, 0.717) is 25.4 Å². The van der Waals surface area contributed by atoms with Crippen LogP contribution in [0.2, 0.25) is 0 Å². The maximum Gasteiger partial charge on any atom is 0.333 e. The van der Waals surface area contributed by atoms with Crippen LogP contribution in [-0.2, 0) is 29.5 Å². The summed E-state index contributed by atoms with van der Waals surface area (Å²) in [6.45, 7) is 7.42. The van der Waals surface area contributed by atoms with Gasteiger partial charge in [0.15, 0.2) is 5.78 Å². The largest absolute Gasteiger partial charge is 0.500 e. The van der Waals surface area contributed by atoms with Gasteiger partial charge in [-0.05, 0) is 6.92 Å². The quantitative estimate of drug-likeness (QED) is 0.448. The normalized spacial score (nSPS) is 23.2. The predicted molar refractivity (Wildman–Crippen MR) is 98.0 cm³/mol. The molecule has 0 radical (unpaired) electrons. The molecule has 0 saturated carbocycles. The summed E-state index contributed by atoms with van der Waals surface area (Å²) < 4.78 is 22.9. The molecular weight excluding hydrogens is 348 g/mol. The van der Waals surface area contributed by atoms with Gasteiger partial charge in [-0.3, -0.25) is 4.79 Å². The number of hydrogen-bond acceptors (Lipinski definition) is 6. The van der Waals surface area contributed by atoms with Crippen molar-refractivity contribution in [3.05, 3.63) is 47.7 Å². The van der Waals surface area contributed by atoms with E-state index in [-0.39, 0.29) is 30.1 Å². The fourth-order valence-electron chi connectivity index (χ4n) is 3.43. The number of carbonyl (C=O) groups excluding carboxylic acids is 2. The van der Waals surface area contributed by atoms with E-state index >= 15 is 0 Å². The number of hydrogen-bond donors (Lipinski definition) is 0. The maximum absolute atomic E-state index is 12.6. The Labute approximate surface area is 159 Å². The zero-order chi connectivity index (χ0) is 19.5. The first kappa shape index (κ1) is 19.6. The summed E-state index contributed by atoms with van der Waals surface area (Å²) in [5, 5.41) is 0. The molecule has 0 amide bonds. The van der Waals surface area contributed by atoms with Crippen LogP contribution in [0.5, 0.6) is 0 Å². The van der Waals surface area contributed by atoms with Gasteiger partial charge in [0.1, 0.15) is 0 Å². The molecule has 1 heterocycles. The zero-order valence-corrected chi connectivity index (χ0v) is 16.0. The molecule has 3 rings (SSSR count). The molecule has 1 spiro atoms. The van der Waals surface area contributed by atoms with Gasteiger partial charge in [0.2, 0.25) is 5.79 Å². The van der Waals surface area contributed by atoms with Crippen molar-refractivity contribution in [2.24, 2.45) is 11.3 Å². The second-order valence-electron chi connectivity index (χ2n) is 7.67. The third-order valence-corrected chi connectivity index (χ3v) is 4.81. The van der Waals surface area contributed by atoms with Crippen LogP contribution < -0.4 is 0 Å². The second-order valence-corrected chi connectivity index (χ2v) is 7.67. The van der Waals surface area contributed by atoms with E-state index in [2.05, 4.69) is 13.8 Å². The lowest BCUT2D eigenvalue weighted by Crippen LogP contribution is -2.54. The Balaban J connectivity index is 1.82. The van der Waals surface area contributed by atoms with Crippen LogP contribution in [-0.4, -0.2) is 38.2 Å². The molecule has 1 aliphatic carbocycles. The number of esters is 1. The van der Waals surface area contributed by atoms with Crippen LogP contribution in [0.4, 0.5) is 0 Å². The van der Waals surface area contributed by atoms with Crippen molar-refractivity contribution >= 4 is 11.8 Å². The smallest absolute Gasteiger partial charge is 0.333 e. The lowest BCUT2D eigenvalue weighted by molar-refractivity contribution is -0.336. The van der Waals surface area contributed by atoms with Gasteiger partial charge in [-0.25, -0.2) is 4.79 Å². The summed E-state index contributed by atoms with van der Waals surface area (Å²) in [5.41, 5.74) is 1.28. The van der Waals surface area contributed by atoms with Gasteiger partial charge < -0.3 is 18.9 Å². The second kappa shape index (κ2) is 7.82. The van der Waals surface area contributed by atoms with Crippen molar-refractivity contribution in [3.8, 4) is 0 Å². The summed E-state index contributed by atoms with van der Waals surface area (Å²) >= 11 is 0. The molecule has 1 aromatic carbocycles. The Kier molecular flexibility index (Phi) is 5.67. The number of Topliss-reactive ketones (excluding diaryl/α,β-unsaturated/α-hetero) is 1. The minimum atomic E-state index is -1.02. The topological polar surface area (TPSA) is 71.1 Å². The first-order valence-corrected chi connectivity index (χ1v) is 9.23. The molecule has 1 fully saturated rings. The van der Waals surface area contributed by atoms with E-state index in [1.165, 1.54) is 12.3 Å². The fourth-order valence-corrected chi connectivity index (χ4v) is 3.43. The van der Waals surface area contributed by atoms with Crippen molar-refractivity contribution < 1.29 is 28.5 Å². The highest BCUT2D eigenvalue weighted by Gasteiger charge is 2.53. The van der Waals surface area contributed by atoms with Gasteiger partial charge in [-0.2, -0.15) is 0 Å². The highest BCUT2D eigenvalue weighted by Crippen LogP contribution is 2.47. The van der Waals surface area contributed by atoms with E-state index < -0.39 is 11.8 Å². The van der Waals surface area contributed by atoms with Gasteiger partial charge in [-0.1, -0.05) is 38.1 Å². The van der Waals surface area contributed by atoms with Gasteiger partial charge in [0.25, 0.3) is 0 Å². The minimum Gasteiger partial charge on any atom is -0.500 e. The van der Waals surface area contributed by atoms with Crippen LogP contribution in [0.25, 0.3) is 0 Å².